The van der Waals surface area contributed by atoms with Crippen LogP contribution >= 0.6 is 24.0 Å². The quantitative estimate of drug-likeness (QED) is 0.284. The molecule has 6 heteroatoms. The van der Waals surface area contributed by atoms with Crippen LogP contribution < -0.4 is 16.0 Å². The predicted molar refractivity (Wildman–Crippen MR) is 132 cm³/mol. The fourth-order valence-corrected chi connectivity index (χ4v) is 2.88. The van der Waals surface area contributed by atoms with Gasteiger partial charge in [0.15, 0.2) is 5.96 Å². The van der Waals surface area contributed by atoms with Crippen LogP contribution in [0.4, 0.5) is 0 Å². The summed E-state index contributed by atoms with van der Waals surface area (Å²) in [5, 5.41) is 9.53. The topological polar surface area (TPSA) is 65.5 Å². The Kier molecular flexibility index (Phi) is 11.3. The van der Waals surface area contributed by atoms with Gasteiger partial charge in [-0.3, -0.25) is 4.79 Å². The number of carbonyl (C=O) groups is 1. The van der Waals surface area contributed by atoms with Gasteiger partial charge in [0.2, 0.25) is 0 Å². The average Bonchev–Trinajstić information content (AvgIpc) is 2.70. The van der Waals surface area contributed by atoms with Crippen LogP contribution in [0.15, 0.2) is 53.5 Å². The molecule has 1 amide bonds. The van der Waals surface area contributed by atoms with E-state index in [1.54, 1.807) is 0 Å². The van der Waals surface area contributed by atoms with E-state index < -0.39 is 0 Å². The smallest absolute Gasteiger partial charge is 0.251 e. The SMILES string of the molecule is CCNC(=O)c1ccc(CN=C(NCC)NCC(C)c2cccc(C)c2)cc1.I. The first-order valence-corrected chi connectivity index (χ1v) is 9.99. The lowest BCUT2D eigenvalue weighted by molar-refractivity contribution is 0.0956. The lowest BCUT2D eigenvalue weighted by Gasteiger charge is -2.16. The summed E-state index contributed by atoms with van der Waals surface area (Å²) in [6, 6.07) is 16.2. The second kappa shape index (κ2) is 13.2. The number of guanidine groups is 1. The summed E-state index contributed by atoms with van der Waals surface area (Å²) in [6.07, 6.45) is 0. The number of benzene rings is 2. The Balaban J connectivity index is 0.00000420. The number of rotatable bonds is 8. The van der Waals surface area contributed by atoms with Gasteiger partial charge in [-0.05, 0) is 49.9 Å². The predicted octanol–water partition coefficient (Wildman–Crippen LogP) is 4.22. The summed E-state index contributed by atoms with van der Waals surface area (Å²) in [5.41, 5.74) is 4.34. The van der Waals surface area contributed by atoms with Crippen molar-refractivity contribution in [3.63, 3.8) is 0 Å². The summed E-state index contributed by atoms with van der Waals surface area (Å²) in [5.74, 6) is 1.15. The number of carbonyl (C=O) groups excluding carboxylic acids is 1. The number of amides is 1. The van der Waals surface area contributed by atoms with Gasteiger partial charge >= 0.3 is 0 Å². The number of nitrogens with zero attached hydrogens (tertiary/aromatic N) is 1. The van der Waals surface area contributed by atoms with Crippen LogP contribution in [0.25, 0.3) is 0 Å². The highest BCUT2D eigenvalue weighted by Crippen LogP contribution is 2.15. The summed E-state index contributed by atoms with van der Waals surface area (Å²) in [7, 11) is 0. The molecule has 0 fully saturated rings. The Morgan fingerprint density at radius 2 is 1.69 bits per heavy atom. The maximum absolute atomic E-state index is 11.8. The normalized spacial score (nSPS) is 11.9. The summed E-state index contributed by atoms with van der Waals surface area (Å²) >= 11 is 0. The van der Waals surface area contributed by atoms with Crippen molar-refractivity contribution < 1.29 is 4.79 Å². The molecular weight excluding hydrogens is 475 g/mol. The van der Waals surface area contributed by atoms with Crippen molar-refractivity contribution in [2.45, 2.75) is 40.2 Å². The molecular formula is C23H33IN4O. The molecule has 0 saturated carbocycles. The molecule has 2 aromatic carbocycles. The van der Waals surface area contributed by atoms with E-state index >= 15 is 0 Å². The molecule has 0 aliphatic heterocycles. The molecule has 0 bridgehead atoms. The Bertz CT molecular complexity index is 790. The second-order valence-electron chi connectivity index (χ2n) is 6.95. The third-order valence-corrected chi connectivity index (χ3v) is 4.50. The van der Waals surface area contributed by atoms with Crippen molar-refractivity contribution in [1.29, 1.82) is 0 Å². The van der Waals surface area contributed by atoms with Gasteiger partial charge in [-0.2, -0.15) is 0 Å². The maximum Gasteiger partial charge on any atom is 0.251 e. The Hall–Kier alpha value is -2.09. The number of hydrogen-bond donors (Lipinski definition) is 3. The molecule has 0 spiro atoms. The zero-order valence-electron chi connectivity index (χ0n) is 17.8. The van der Waals surface area contributed by atoms with Crippen LogP contribution in [0.3, 0.4) is 0 Å². The van der Waals surface area contributed by atoms with Gasteiger partial charge in [-0.25, -0.2) is 4.99 Å². The minimum absolute atomic E-state index is 0. The van der Waals surface area contributed by atoms with Gasteiger partial charge in [0.1, 0.15) is 0 Å². The summed E-state index contributed by atoms with van der Waals surface area (Å²) in [4.78, 5) is 16.5. The largest absolute Gasteiger partial charge is 0.357 e. The second-order valence-corrected chi connectivity index (χ2v) is 6.95. The molecule has 0 saturated heterocycles. The minimum Gasteiger partial charge on any atom is -0.357 e. The first kappa shape index (κ1) is 24.9. The third-order valence-electron chi connectivity index (χ3n) is 4.50. The average molecular weight is 508 g/mol. The molecule has 3 N–H and O–H groups in total. The standard InChI is InChI=1S/C23H32N4O.HI/c1-5-24-22(28)20-12-10-19(11-13-20)16-27-23(25-6-2)26-15-18(4)21-9-7-8-17(3)14-21;/h7-14,18H,5-6,15-16H2,1-4H3,(H,24,28)(H2,25,26,27);1H. The van der Waals surface area contributed by atoms with Crippen molar-refractivity contribution in [1.82, 2.24) is 16.0 Å². The van der Waals surface area contributed by atoms with Crippen molar-refractivity contribution >= 4 is 35.8 Å². The minimum atomic E-state index is -0.0438. The van der Waals surface area contributed by atoms with Gasteiger partial charge in [0.05, 0.1) is 6.54 Å². The summed E-state index contributed by atoms with van der Waals surface area (Å²) < 4.78 is 0. The third kappa shape index (κ3) is 8.43. The lowest BCUT2D eigenvalue weighted by atomic mass is 9.99. The molecule has 1 unspecified atom stereocenters. The molecule has 0 radical (unpaired) electrons. The van der Waals surface area contributed by atoms with E-state index in [0.717, 1.165) is 24.6 Å². The van der Waals surface area contributed by atoms with E-state index in [9.17, 15) is 4.79 Å². The number of halogens is 1. The van der Waals surface area contributed by atoms with E-state index in [1.807, 2.05) is 31.2 Å². The lowest BCUT2D eigenvalue weighted by Crippen LogP contribution is -2.39. The fourth-order valence-electron chi connectivity index (χ4n) is 2.88. The van der Waals surface area contributed by atoms with E-state index in [4.69, 9.17) is 0 Å². The first-order chi connectivity index (χ1) is 13.5. The van der Waals surface area contributed by atoms with Crippen molar-refractivity contribution in [3.05, 3.63) is 70.8 Å². The molecule has 1 atom stereocenters. The highest BCUT2D eigenvalue weighted by molar-refractivity contribution is 14.0. The van der Waals surface area contributed by atoms with Crippen LogP contribution in [-0.4, -0.2) is 31.5 Å². The Labute approximate surface area is 191 Å². The Morgan fingerprint density at radius 1 is 1.00 bits per heavy atom. The Morgan fingerprint density at radius 3 is 2.31 bits per heavy atom. The highest BCUT2D eigenvalue weighted by Gasteiger charge is 2.07. The molecule has 0 heterocycles. The van der Waals surface area contributed by atoms with Crippen LogP contribution in [0.1, 0.15) is 53.7 Å². The van der Waals surface area contributed by atoms with E-state index in [2.05, 4.69) is 66.0 Å². The summed E-state index contributed by atoms with van der Waals surface area (Å²) in [6.45, 7) is 11.1. The zero-order chi connectivity index (χ0) is 20.4. The maximum atomic E-state index is 11.8. The van der Waals surface area contributed by atoms with E-state index in [1.165, 1.54) is 11.1 Å². The highest BCUT2D eigenvalue weighted by atomic mass is 127. The fraction of sp³-hybridized carbons (Fsp3) is 0.391. The van der Waals surface area contributed by atoms with Gasteiger partial charge in [-0.15, -0.1) is 24.0 Å². The van der Waals surface area contributed by atoms with Gasteiger partial charge in [-0.1, -0.05) is 48.9 Å². The van der Waals surface area contributed by atoms with Crippen LogP contribution in [-0.2, 0) is 6.54 Å². The molecule has 158 valence electrons. The number of nitrogens with one attached hydrogen (secondary N) is 3. The van der Waals surface area contributed by atoms with Gasteiger partial charge in [0, 0.05) is 25.2 Å². The molecule has 29 heavy (non-hydrogen) atoms. The molecule has 0 aliphatic rings. The van der Waals surface area contributed by atoms with Crippen molar-refractivity contribution in [2.24, 2.45) is 4.99 Å². The van der Waals surface area contributed by atoms with Crippen LogP contribution in [0.5, 0.6) is 0 Å². The van der Waals surface area contributed by atoms with Crippen LogP contribution in [0.2, 0.25) is 0 Å². The number of aryl methyl sites for hydroxylation is 1. The van der Waals surface area contributed by atoms with E-state index in [-0.39, 0.29) is 29.9 Å². The molecule has 0 aromatic heterocycles. The number of hydrogen-bond acceptors (Lipinski definition) is 2. The van der Waals surface area contributed by atoms with Gasteiger partial charge in [0.25, 0.3) is 5.91 Å². The monoisotopic (exact) mass is 508 g/mol. The van der Waals surface area contributed by atoms with Crippen molar-refractivity contribution in [3.8, 4) is 0 Å². The first-order valence-electron chi connectivity index (χ1n) is 9.99. The van der Waals surface area contributed by atoms with Crippen LogP contribution in [0, 0.1) is 6.92 Å². The number of aliphatic imine (C=N–C) groups is 1. The molecule has 0 aliphatic carbocycles. The van der Waals surface area contributed by atoms with Crippen molar-refractivity contribution in [2.75, 3.05) is 19.6 Å². The molecule has 2 rings (SSSR count). The molecule has 5 nitrogen and oxygen atoms in total. The van der Waals surface area contributed by atoms with Gasteiger partial charge < -0.3 is 16.0 Å². The molecule has 2 aromatic rings. The van der Waals surface area contributed by atoms with E-state index in [0.29, 0.717) is 24.6 Å². The zero-order valence-corrected chi connectivity index (χ0v) is 20.1.